The Kier molecular flexibility index (Phi) is 5.74. The van der Waals surface area contributed by atoms with Crippen LogP contribution in [0.5, 0.6) is 0 Å². The maximum atomic E-state index is 12.6. The predicted molar refractivity (Wildman–Crippen MR) is 116 cm³/mol. The van der Waals surface area contributed by atoms with Crippen molar-refractivity contribution in [3.63, 3.8) is 0 Å². The summed E-state index contributed by atoms with van der Waals surface area (Å²) in [6.07, 6.45) is 4.20. The van der Waals surface area contributed by atoms with Gasteiger partial charge >= 0.3 is 0 Å². The van der Waals surface area contributed by atoms with Crippen molar-refractivity contribution in [2.45, 2.75) is 33.2 Å². The third-order valence-corrected chi connectivity index (χ3v) is 5.76. The molecule has 156 valence electrons. The summed E-state index contributed by atoms with van der Waals surface area (Å²) < 4.78 is 1.59. The summed E-state index contributed by atoms with van der Waals surface area (Å²) >= 11 is 0. The Morgan fingerprint density at radius 2 is 1.80 bits per heavy atom. The van der Waals surface area contributed by atoms with Gasteiger partial charge in [0.15, 0.2) is 0 Å². The molecule has 0 radical (unpaired) electrons. The van der Waals surface area contributed by atoms with Gasteiger partial charge in [-0.15, -0.1) is 0 Å². The zero-order valence-electron chi connectivity index (χ0n) is 17.4. The van der Waals surface area contributed by atoms with E-state index in [0.29, 0.717) is 43.4 Å². The van der Waals surface area contributed by atoms with Crippen molar-refractivity contribution in [2.24, 2.45) is 0 Å². The quantitative estimate of drug-likeness (QED) is 0.644. The summed E-state index contributed by atoms with van der Waals surface area (Å²) in [6.45, 7) is 7.38. The number of piperazine rings is 1. The summed E-state index contributed by atoms with van der Waals surface area (Å²) in [4.78, 5) is 42.3. The molecule has 3 aromatic rings. The highest BCUT2D eigenvalue weighted by Crippen LogP contribution is 2.20. The van der Waals surface area contributed by atoms with Crippen LogP contribution < -0.4 is 10.5 Å². The summed E-state index contributed by atoms with van der Waals surface area (Å²) in [6, 6.07) is 7.31. The second-order valence-electron chi connectivity index (χ2n) is 7.64. The molecule has 3 heterocycles. The van der Waals surface area contributed by atoms with Crippen LogP contribution in [0.3, 0.4) is 0 Å². The van der Waals surface area contributed by atoms with E-state index in [2.05, 4.69) is 19.9 Å². The van der Waals surface area contributed by atoms with Gasteiger partial charge in [-0.3, -0.25) is 14.2 Å². The first kappa shape index (κ1) is 20.0. The first-order valence-corrected chi connectivity index (χ1v) is 10.3. The number of aromatic nitrogens is 4. The van der Waals surface area contributed by atoms with Crippen molar-refractivity contribution >= 4 is 22.6 Å². The van der Waals surface area contributed by atoms with Crippen LogP contribution in [-0.2, 0) is 11.3 Å². The van der Waals surface area contributed by atoms with Crippen molar-refractivity contribution in [1.82, 2.24) is 24.4 Å². The minimum Gasteiger partial charge on any atom is -0.353 e. The molecule has 2 aromatic heterocycles. The fourth-order valence-electron chi connectivity index (χ4n) is 3.84. The van der Waals surface area contributed by atoms with Gasteiger partial charge in [0.05, 0.1) is 17.2 Å². The van der Waals surface area contributed by atoms with E-state index in [4.69, 9.17) is 0 Å². The number of carbonyl (C=O) groups is 1. The fourth-order valence-corrected chi connectivity index (χ4v) is 3.84. The predicted octanol–water partition coefficient (Wildman–Crippen LogP) is 1.93. The Bertz CT molecular complexity index is 1120. The highest BCUT2D eigenvalue weighted by molar-refractivity contribution is 5.77. The molecule has 1 aromatic carbocycles. The minimum absolute atomic E-state index is 0.0582. The van der Waals surface area contributed by atoms with E-state index in [-0.39, 0.29) is 11.5 Å². The van der Waals surface area contributed by atoms with Gasteiger partial charge in [0, 0.05) is 50.4 Å². The van der Waals surface area contributed by atoms with Gasteiger partial charge in [0.2, 0.25) is 5.91 Å². The number of hydrogen-bond donors (Lipinski definition) is 0. The van der Waals surface area contributed by atoms with Gasteiger partial charge in [-0.1, -0.05) is 12.1 Å². The molecule has 0 spiro atoms. The van der Waals surface area contributed by atoms with Gasteiger partial charge in [0.25, 0.3) is 5.56 Å². The lowest BCUT2D eigenvalue weighted by Crippen LogP contribution is -2.49. The Balaban J connectivity index is 1.30. The zero-order valence-corrected chi connectivity index (χ0v) is 17.4. The molecule has 0 unspecified atom stereocenters. The molecule has 1 saturated heterocycles. The molecule has 1 amide bonds. The Hall–Kier alpha value is -3.29. The molecule has 30 heavy (non-hydrogen) atoms. The molecule has 0 atom stereocenters. The topological polar surface area (TPSA) is 84.2 Å². The van der Waals surface area contributed by atoms with Gasteiger partial charge in [-0.05, 0) is 32.4 Å². The van der Waals surface area contributed by atoms with Crippen LogP contribution in [0.1, 0.15) is 24.1 Å². The van der Waals surface area contributed by atoms with E-state index in [0.717, 1.165) is 30.2 Å². The van der Waals surface area contributed by atoms with E-state index in [1.807, 2.05) is 36.9 Å². The number of anilines is 1. The first-order valence-electron chi connectivity index (χ1n) is 10.3. The third-order valence-electron chi connectivity index (χ3n) is 5.76. The fraction of sp³-hybridized carbons (Fsp3) is 0.409. The van der Waals surface area contributed by atoms with E-state index >= 15 is 0 Å². The second kappa shape index (κ2) is 8.61. The molecule has 1 aliphatic rings. The van der Waals surface area contributed by atoms with E-state index in [1.54, 1.807) is 23.3 Å². The van der Waals surface area contributed by atoms with Crippen LogP contribution in [0.2, 0.25) is 0 Å². The minimum atomic E-state index is -0.0582. The smallest absolute Gasteiger partial charge is 0.261 e. The molecule has 0 N–H and O–H groups in total. The number of hydrogen-bond acceptors (Lipinski definition) is 6. The molecule has 0 aliphatic carbocycles. The number of rotatable bonds is 5. The lowest BCUT2D eigenvalue weighted by molar-refractivity contribution is -0.131. The number of nitrogens with zero attached hydrogens (tertiary/aromatic N) is 6. The number of para-hydroxylation sites is 1. The summed E-state index contributed by atoms with van der Waals surface area (Å²) in [5, 5.41) is 0.609. The van der Waals surface area contributed by atoms with Crippen LogP contribution in [0.25, 0.3) is 10.9 Å². The molecular weight excluding hydrogens is 380 g/mol. The Morgan fingerprint density at radius 1 is 1.03 bits per heavy atom. The SMILES string of the molecule is Cc1ncnc(N2CCN(C(=O)CCCn3cnc4ccccc4c3=O)CC2)c1C. The van der Waals surface area contributed by atoms with E-state index in [1.165, 1.54) is 0 Å². The summed E-state index contributed by atoms with van der Waals surface area (Å²) in [5.41, 5.74) is 2.71. The molecule has 8 heteroatoms. The number of fused-ring (bicyclic) bond motifs is 1. The highest BCUT2D eigenvalue weighted by Gasteiger charge is 2.23. The number of amides is 1. The highest BCUT2D eigenvalue weighted by atomic mass is 16.2. The molecule has 4 rings (SSSR count). The summed E-state index contributed by atoms with van der Waals surface area (Å²) in [5.74, 6) is 1.09. The molecule has 1 aliphatic heterocycles. The first-order chi connectivity index (χ1) is 14.5. The van der Waals surface area contributed by atoms with Crippen molar-refractivity contribution in [1.29, 1.82) is 0 Å². The molecule has 0 bridgehead atoms. The number of benzene rings is 1. The van der Waals surface area contributed by atoms with E-state index < -0.39 is 0 Å². The lowest BCUT2D eigenvalue weighted by atomic mass is 10.2. The largest absolute Gasteiger partial charge is 0.353 e. The van der Waals surface area contributed by atoms with Crippen molar-refractivity contribution in [2.75, 3.05) is 31.1 Å². The van der Waals surface area contributed by atoms with Crippen molar-refractivity contribution in [3.05, 3.63) is 58.5 Å². The standard InChI is InChI=1S/C22H26N6O2/c1-16-17(2)23-14-24-21(16)27-12-10-26(11-13-27)20(29)8-5-9-28-15-25-19-7-4-3-6-18(19)22(28)30/h3-4,6-7,14-15H,5,8-13H2,1-2H3. The van der Waals surface area contributed by atoms with Gasteiger partial charge < -0.3 is 9.80 Å². The Morgan fingerprint density at radius 3 is 2.60 bits per heavy atom. The molecule has 8 nitrogen and oxygen atoms in total. The maximum Gasteiger partial charge on any atom is 0.261 e. The molecular formula is C22H26N6O2. The third kappa shape index (κ3) is 4.03. The average molecular weight is 406 g/mol. The van der Waals surface area contributed by atoms with Crippen LogP contribution in [0.4, 0.5) is 5.82 Å². The average Bonchev–Trinajstić information content (AvgIpc) is 2.77. The normalized spacial score (nSPS) is 14.3. The van der Waals surface area contributed by atoms with Crippen molar-refractivity contribution in [3.8, 4) is 0 Å². The molecule has 1 fully saturated rings. The summed E-state index contributed by atoms with van der Waals surface area (Å²) in [7, 11) is 0. The monoisotopic (exact) mass is 406 g/mol. The van der Waals surface area contributed by atoms with Crippen molar-refractivity contribution < 1.29 is 4.79 Å². The number of aryl methyl sites for hydroxylation is 2. The molecule has 0 saturated carbocycles. The van der Waals surface area contributed by atoms with Crippen LogP contribution >= 0.6 is 0 Å². The van der Waals surface area contributed by atoms with Gasteiger partial charge in [-0.2, -0.15) is 0 Å². The van der Waals surface area contributed by atoms with Gasteiger partial charge in [0.1, 0.15) is 12.1 Å². The van der Waals surface area contributed by atoms with Gasteiger partial charge in [-0.25, -0.2) is 15.0 Å². The van der Waals surface area contributed by atoms with Crippen LogP contribution in [0, 0.1) is 13.8 Å². The van der Waals surface area contributed by atoms with Crippen LogP contribution in [0.15, 0.2) is 41.7 Å². The second-order valence-corrected chi connectivity index (χ2v) is 7.64. The number of carbonyl (C=O) groups excluding carboxylic acids is 1. The van der Waals surface area contributed by atoms with E-state index in [9.17, 15) is 9.59 Å². The lowest BCUT2D eigenvalue weighted by Gasteiger charge is -2.36. The maximum absolute atomic E-state index is 12.6. The Labute approximate surface area is 175 Å². The zero-order chi connectivity index (χ0) is 21.1. The van der Waals surface area contributed by atoms with Crippen LogP contribution in [-0.4, -0.2) is 56.5 Å².